The van der Waals surface area contributed by atoms with Crippen LogP contribution < -0.4 is 14.8 Å². The number of nitrogens with zero attached hydrogens (tertiary/aromatic N) is 2. The SMILES string of the molecule is Cc1c(CNCc2cc3c(cc2Br)OCO3)cnn1C. The zero-order chi connectivity index (χ0) is 14.1. The van der Waals surface area contributed by atoms with Crippen LogP contribution >= 0.6 is 15.9 Å². The second kappa shape index (κ2) is 5.46. The van der Waals surface area contributed by atoms with Crippen LogP contribution in [0.15, 0.2) is 22.8 Å². The van der Waals surface area contributed by atoms with Crippen molar-refractivity contribution in [1.29, 1.82) is 0 Å². The third kappa shape index (κ3) is 2.53. The second-order valence-electron chi connectivity index (χ2n) is 4.78. The molecule has 3 rings (SSSR count). The molecule has 106 valence electrons. The maximum atomic E-state index is 5.40. The molecule has 0 atom stereocenters. The van der Waals surface area contributed by atoms with Gasteiger partial charge >= 0.3 is 0 Å². The Hall–Kier alpha value is -1.53. The highest BCUT2D eigenvalue weighted by atomic mass is 79.9. The number of aryl methyl sites for hydroxylation is 1. The lowest BCUT2D eigenvalue weighted by atomic mass is 10.2. The van der Waals surface area contributed by atoms with Gasteiger partial charge in [0.1, 0.15) is 0 Å². The van der Waals surface area contributed by atoms with E-state index in [1.165, 1.54) is 11.3 Å². The quantitative estimate of drug-likeness (QED) is 0.931. The van der Waals surface area contributed by atoms with Crippen LogP contribution in [0, 0.1) is 6.92 Å². The summed E-state index contributed by atoms with van der Waals surface area (Å²) in [6.45, 7) is 3.92. The van der Waals surface area contributed by atoms with Gasteiger partial charge < -0.3 is 14.8 Å². The molecule has 0 saturated carbocycles. The molecule has 1 aliphatic heterocycles. The van der Waals surface area contributed by atoms with Gasteiger partial charge in [0, 0.05) is 35.9 Å². The number of rotatable bonds is 4. The van der Waals surface area contributed by atoms with E-state index >= 15 is 0 Å². The van der Waals surface area contributed by atoms with Crippen LogP contribution in [0.4, 0.5) is 0 Å². The van der Waals surface area contributed by atoms with Crippen molar-refractivity contribution >= 4 is 15.9 Å². The Balaban J connectivity index is 1.65. The minimum atomic E-state index is 0.299. The Morgan fingerprint density at radius 3 is 2.65 bits per heavy atom. The maximum absolute atomic E-state index is 5.40. The van der Waals surface area contributed by atoms with Gasteiger partial charge in [-0.3, -0.25) is 4.68 Å². The van der Waals surface area contributed by atoms with E-state index in [2.05, 4.69) is 33.3 Å². The molecule has 0 bridgehead atoms. The van der Waals surface area contributed by atoms with Crippen LogP contribution in [0.2, 0.25) is 0 Å². The molecule has 1 aromatic carbocycles. The van der Waals surface area contributed by atoms with Gasteiger partial charge in [-0.25, -0.2) is 0 Å². The maximum Gasteiger partial charge on any atom is 0.231 e. The topological polar surface area (TPSA) is 48.3 Å². The van der Waals surface area contributed by atoms with E-state index in [0.717, 1.165) is 34.6 Å². The standard InChI is InChI=1S/C14H16BrN3O2/c1-9-11(7-17-18(9)2)6-16-5-10-3-13-14(4-12(10)15)20-8-19-13/h3-4,7,16H,5-6,8H2,1-2H3. The van der Waals surface area contributed by atoms with Gasteiger partial charge in [0.15, 0.2) is 11.5 Å². The second-order valence-corrected chi connectivity index (χ2v) is 5.63. The summed E-state index contributed by atoms with van der Waals surface area (Å²) in [5.74, 6) is 1.60. The number of benzene rings is 1. The Morgan fingerprint density at radius 1 is 1.25 bits per heavy atom. The van der Waals surface area contributed by atoms with Crippen molar-refractivity contribution in [2.75, 3.05) is 6.79 Å². The molecule has 1 N–H and O–H groups in total. The monoisotopic (exact) mass is 337 g/mol. The lowest BCUT2D eigenvalue weighted by molar-refractivity contribution is 0.174. The fraction of sp³-hybridized carbons (Fsp3) is 0.357. The average Bonchev–Trinajstić information content (AvgIpc) is 2.99. The Bertz CT molecular complexity index is 640. The third-order valence-electron chi connectivity index (χ3n) is 3.51. The van der Waals surface area contributed by atoms with Crippen molar-refractivity contribution < 1.29 is 9.47 Å². The molecule has 6 heteroatoms. The van der Waals surface area contributed by atoms with Gasteiger partial charge in [0.2, 0.25) is 6.79 Å². The van der Waals surface area contributed by atoms with E-state index in [4.69, 9.17) is 9.47 Å². The van der Waals surface area contributed by atoms with Crippen molar-refractivity contribution in [2.24, 2.45) is 7.05 Å². The lowest BCUT2D eigenvalue weighted by Gasteiger charge is -2.08. The average molecular weight is 338 g/mol. The highest BCUT2D eigenvalue weighted by Crippen LogP contribution is 2.36. The van der Waals surface area contributed by atoms with E-state index in [1.54, 1.807) is 0 Å². The van der Waals surface area contributed by atoms with Crippen LogP contribution in [0.3, 0.4) is 0 Å². The molecule has 2 aromatic rings. The van der Waals surface area contributed by atoms with E-state index < -0.39 is 0 Å². The van der Waals surface area contributed by atoms with Crippen molar-refractivity contribution in [3.8, 4) is 11.5 Å². The minimum Gasteiger partial charge on any atom is -0.454 e. The molecule has 0 spiro atoms. The Labute approximate surface area is 126 Å². The number of ether oxygens (including phenoxy) is 2. The molecule has 0 unspecified atom stereocenters. The van der Waals surface area contributed by atoms with Crippen molar-refractivity contribution in [2.45, 2.75) is 20.0 Å². The normalized spacial score (nSPS) is 12.9. The number of nitrogens with one attached hydrogen (secondary N) is 1. The molecule has 2 heterocycles. The predicted molar refractivity (Wildman–Crippen MR) is 78.8 cm³/mol. The Morgan fingerprint density at radius 2 is 1.95 bits per heavy atom. The molecule has 0 radical (unpaired) electrons. The third-order valence-corrected chi connectivity index (χ3v) is 4.25. The van der Waals surface area contributed by atoms with E-state index in [1.807, 2.05) is 30.1 Å². The molecule has 0 aliphatic carbocycles. The number of hydrogen-bond donors (Lipinski definition) is 1. The van der Waals surface area contributed by atoms with Gasteiger partial charge in [-0.05, 0) is 24.6 Å². The van der Waals surface area contributed by atoms with E-state index in [0.29, 0.717) is 6.79 Å². The van der Waals surface area contributed by atoms with Gasteiger partial charge in [-0.15, -0.1) is 0 Å². The number of hydrogen-bond acceptors (Lipinski definition) is 4. The molecule has 1 aliphatic rings. The van der Waals surface area contributed by atoms with Crippen LogP contribution in [-0.2, 0) is 20.1 Å². The molecular formula is C14H16BrN3O2. The molecule has 20 heavy (non-hydrogen) atoms. The largest absolute Gasteiger partial charge is 0.454 e. The van der Waals surface area contributed by atoms with Crippen molar-refractivity contribution in [3.05, 3.63) is 39.6 Å². The number of fused-ring (bicyclic) bond motifs is 1. The van der Waals surface area contributed by atoms with Crippen LogP contribution in [-0.4, -0.2) is 16.6 Å². The van der Waals surface area contributed by atoms with Gasteiger partial charge in [-0.2, -0.15) is 5.10 Å². The highest BCUT2D eigenvalue weighted by molar-refractivity contribution is 9.10. The molecular weight excluding hydrogens is 322 g/mol. The van der Waals surface area contributed by atoms with Gasteiger partial charge in [-0.1, -0.05) is 15.9 Å². The summed E-state index contributed by atoms with van der Waals surface area (Å²) in [5, 5.41) is 7.66. The number of aromatic nitrogens is 2. The lowest BCUT2D eigenvalue weighted by Crippen LogP contribution is -2.13. The first-order valence-electron chi connectivity index (χ1n) is 6.41. The van der Waals surface area contributed by atoms with Crippen LogP contribution in [0.1, 0.15) is 16.8 Å². The smallest absolute Gasteiger partial charge is 0.231 e. The molecule has 0 saturated heterocycles. The van der Waals surface area contributed by atoms with Gasteiger partial charge in [0.05, 0.1) is 6.20 Å². The minimum absolute atomic E-state index is 0.299. The summed E-state index contributed by atoms with van der Waals surface area (Å²) < 4.78 is 13.6. The van der Waals surface area contributed by atoms with E-state index in [9.17, 15) is 0 Å². The first-order chi connectivity index (χ1) is 9.65. The predicted octanol–water partition coefficient (Wildman–Crippen LogP) is 2.51. The molecule has 0 fully saturated rings. The summed E-state index contributed by atoms with van der Waals surface area (Å²) in [4.78, 5) is 0. The summed E-state index contributed by atoms with van der Waals surface area (Å²) >= 11 is 3.56. The van der Waals surface area contributed by atoms with Crippen molar-refractivity contribution in [3.63, 3.8) is 0 Å². The molecule has 5 nitrogen and oxygen atoms in total. The summed E-state index contributed by atoms with van der Waals surface area (Å²) in [6.07, 6.45) is 1.90. The fourth-order valence-electron chi connectivity index (χ4n) is 2.14. The summed E-state index contributed by atoms with van der Waals surface area (Å²) in [6, 6.07) is 3.96. The Kier molecular flexibility index (Phi) is 3.67. The van der Waals surface area contributed by atoms with E-state index in [-0.39, 0.29) is 0 Å². The highest BCUT2D eigenvalue weighted by Gasteiger charge is 2.16. The first kappa shape index (κ1) is 13.5. The molecule has 1 aromatic heterocycles. The van der Waals surface area contributed by atoms with Crippen LogP contribution in [0.25, 0.3) is 0 Å². The fourth-order valence-corrected chi connectivity index (χ4v) is 2.61. The van der Waals surface area contributed by atoms with Crippen molar-refractivity contribution in [1.82, 2.24) is 15.1 Å². The van der Waals surface area contributed by atoms with Crippen LogP contribution in [0.5, 0.6) is 11.5 Å². The summed E-state index contributed by atoms with van der Waals surface area (Å²) in [7, 11) is 1.95. The first-order valence-corrected chi connectivity index (χ1v) is 7.20. The molecule has 0 amide bonds. The zero-order valence-electron chi connectivity index (χ0n) is 11.4. The number of halogens is 1. The summed E-state index contributed by atoms with van der Waals surface area (Å²) in [5.41, 5.74) is 3.54. The van der Waals surface area contributed by atoms with Gasteiger partial charge in [0.25, 0.3) is 0 Å². The zero-order valence-corrected chi connectivity index (χ0v) is 13.0.